The second-order valence-corrected chi connectivity index (χ2v) is 6.47. The molecule has 2 heterocycles. The minimum Gasteiger partial charge on any atom is -0.286 e. The van der Waals surface area contributed by atoms with E-state index >= 15 is 0 Å². The highest BCUT2D eigenvalue weighted by Crippen LogP contribution is 2.40. The van der Waals surface area contributed by atoms with Crippen molar-refractivity contribution in [1.82, 2.24) is 9.80 Å². The molecule has 2 unspecified atom stereocenters. The lowest BCUT2D eigenvalue weighted by Crippen LogP contribution is -2.53. The Labute approximate surface area is 106 Å². The van der Waals surface area contributed by atoms with Crippen LogP contribution in [-0.4, -0.2) is 42.1 Å². The highest BCUT2D eigenvalue weighted by molar-refractivity contribution is 5.11. The largest absolute Gasteiger partial charge is 0.286 e. The molecule has 3 aliphatic rings. The Morgan fingerprint density at radius 1 is 1.06 bits per heavy atom. The number of hydrogen-bond acceptors (Lipinski definition) is 2. The van der Waals surface area contributed by atoms with Gasteiger partial charge in [0.05, 0.1) is 6.17 Å². The third-order valence-electron chi connectivity index (χ3n) is 5.11. The van der Waals surface area contributed by atoms with Gasteiger partial charge in [-0.05, 0) is 37.5 Å². The van der Waals surface area contributed by atoms with Gasteiger partial charge in [-0.15, -0.1) is 0 Å². The van der Waals surface area contributed by atoms with E-state index in [1.165, 1.54) is 39.0 Å². The first-order chi connectivity index (χ1) is 8.16. The van der Waals surface area contributed by atoms with Crippen LogP contribution in [0.1, 0.15) is 33.6 Å². The first-order valence-electron chi connectivity index (χ1n) is 7.32. The molecule has 2 heteroatoms. The lowest BCUT2D eigenvalue weighted by molar-refractivity contribution is 0.00332. The number of nitrogens with zero attached hydrogens (tertiary/aromatic N) is 2. The Balaban J connectivity index is 1.84. The molecule has 17 heavy (non-hydrogen) atoms. The zero-order valence-corrected chi connectivity index (χ0v) is 11.5. The Kier molecular flexibility index (Phi) is 3.04. The number of hydrogen-bond donors (Lipinski definition) is 0. The first kappa shape index (κ1) is 11.7. The molecule has 0 aromatic heterocycles. The molecule has 5 atom stereocenters. The molecule has 0 aromatic carbocycles. The van der Waals surface area contributed by atoms with E-state index in [-0.39, 0.29) is 0 Å². The summed E-state index contributed by atoms with van der Waals surface area (Å²) in [6.07, 6.45) is 5.97. The molecule has 0 saturated carbocycles. The molecule has 0 aromatic rings. The van der Waals surface area contributed by atoms with E-state index in [9.17, 15) is 0 Å². The molecule has 0 N–H and O–H groups in total. The van der Waals surface area contributed by atoms with E-state index in [0.29, 0.717) is 0 Å². The van der Waals surface area contributed by atoms with E-state index in [4.69, 9.17) is 0 Å². The van der Waals surface area contributed by atoms with E-state index in [2.05, 4.69) is 36.6 Å². The second kappa shape index (κ2) is 4.40. The Bertz CT molecular complexity index is 307. The minimum atomic E-state index is 0.748. The fraction of sp³-hybridized carbons (Fsp3) is 0.867. The molecule has 3 rings (SSSR count). The van der Waals surface area contributed by atoms with Crippen molar-refractivity contribution < 1.29 is 0 Å². The first-order valence-corrected chi connectivity index (χ1v) is 7.32. The van der Waals surface area contributed by atoms with Crippen molar-refractivity contribution in [3.8, 4) is 0 Å². The van der Waals surface area contributed by atoms with Gasteiger partial charge in [-0.3, -0.25) is 9.80 Å². The molecule has 1 aliphatic carbocycles. The van der Waals surface area contributed by atoms with Crippen LogP contribution in [0.2, 0.25) is 0 Å². The molecule has 0 amide bonds. The molecule has 2 saturated heterocycles. The van der Waals surface area contributed by atoms with Gasteiger partial charge in [-0.2, -0.15) is 0 Å². The summed E-state index contributed by atoms with van der Waals surface area (Å²) in [7, 11) is 0. The summed E-state index contributed by atoms with van der Waals surface area (Å²) < 4.78 is 0. The Morgan fingerprint density at radius 2 is 1.71 bits per heavy atom. The normalized spacial score (nSPS) is 50.2. The maximum atomic E-state index is 2.75. The molecule has 0 radical (unpaired) electrons. The summed E-state index contributed by atoms with van der Waals surface area (Å²) in [5, 5.41) is 0. The summed E-state index contributed by atoms with van der Waals surface area (Å²) in [6, 6.07) is 0. The van der Waals surface area contributed by atoms with Crippen molar-refractivity contribution in [3.05, 3.63) is 11.6 Å². The molecule has 2 nitrogen and oxygen atoms in total. The van der Waals surface area contributed by atoms with E-state index in [0.717, 1.165) is 23.9 Å². The monoisotopic (exact) mass is 234 g/mol. The second-order valence-electron chi connectivity index (χ2n) is 6.47. The summed E-state index contributed by atoms with van der Waals surface area (Å²) in [5.74, 6) is 2.45. The Morgan fingerprint density at radius 3 is 2.29 bits per heavy atom. The third kappa shape index (κ3) is 1.96. The fourth-order valence-corrected chi connectivity index (χ4v) is 4.56. The van der Waals surface area contributed by atoms with Crippen LogP contribution in [0, 0.1) is 17.8 Å². The number of allylic oxidation sites excluding steroid dienone is 2. The van der Waals surface area contributed by atoms with Gasteiger partial charge in [-0.25, -0.2) is 0 Å². The van der Waals surface area contributed by atoms with Gasteiger partial charge in [0.2, 0.25) is 0 Å². The van der Waals surface area contributed by atoms with Gasteiger partial charge >= 0.3 is 0 Å². The number of fused-ring (bicyclic) bond motifs is 2. The zero-order chi connectivity index (χ0) is 12.0. The SMILES string of the molecule is CC1=C[C@H](C)[C@H](C2N3CCCN2CC3)[C@H](C)C1. The predicted octanol–water partition coefficient (Wildman–Crippen LogP) is 2.57. The van der Waals surface area contributed by atoms with Gasteiger partial charge in [0.1, 0.15) is 0 Å². The highest BCUT2D eigenvalue weighted by atomic mass is 15.4. The molecular formula is C15H26N2. The smallest absolute Gasteiger partial charge is 0.0660 e. The number of rotatable bonds is 1. The van der Waals surface area contributed by atoms with Crippen molar-refractivity contribution in [2.24, 2.45) is 17.8 Å². The quantitative estimate of drug-likeness (QED) is 0.643. The van der Waals surface area contributed by atoms with Crippen LogP contribution in [0.15, 0.2) is 11.6 Å². The van der Waals surface area contributed by atoms with E-state index in [1.54, 1.807) is 5.57 Å². The molecule has 2 fully saturated rings. The lowest BCUT2D eigenvalue weighted by Gasteiger charge is -2.46. The zero-order valence-electron chi connectivity index (χ0n) is 11.5. The summed E-state index contributed by atoms with van der Waals surface area (Å²) in [5.41, 5.74) is 1.61. The van der Waals surface area contributed by atoms with Gasteiger partial charge < -0.3 is 0 Å². The summed E-state index contributed by atoms with van der Waals surface area (Å²) >= 11 is 0. The van der Waals surface area contributed by atoms with Crippen molar-refractivity contribution in [2.75, 3.05) is 26.2 Å². The lowest BCUT2D eigenvalue weighted by atomic mass is 9.72. The van der Waals surface area contributed by atoms with Crippen LogP contribution >= 0.6 is 0 Å². The maximum absolute atomic E-state index is 2.75. The molecule has 0 spiro atoms. The molecule has 96 valence electrons. The van der Waals surface area contributed by atoms with Crippen LogP contribution in [0.5, 0.6) is 0 Å². The minimum absolute atomic E-state index is 0.748. The van der Waals surface area contributed by atoms with Crippen molar-refractivity contribution in [1.29, 1.82) is 0 Å². The molecule has 2 bridgehead atoms. The van der Waals surface area contributed by atoms with Crippen LogP contribution < -0.4 is 0 Å². The maximum Gasteiger partial charge on any atom is 0.0660 e. The average Bonchev–Trinajstić information content (AvgIpc) is 2.50. The van der Waals surface area contributed by atoms with Crippen molar-refractivity contribution >= 4 is 0 Å². The van der Waals surface area contributed by atoms with Crippen LogP contribution in [0.4, 0.5) is 0 Å². The Hall–Kier alpha value is -0.340. The predicted molar refractivity (Wildman–Crippen MR) is 71.7 cm³/mol. The van der Waals surface area contributed by atoms with Gasteiger partial charge in [0.15, 0.2) is 0 Å². The third-order valence-corrected chi connectivity index (χ3v) is 5.11. The van der Waals surface area contributed by atoms with Crippen LogP contribution in [0.25, 0.3) is 0 Å². The topological polar surface area (TPSA) is 6.48 Å². The van der Waals surface area contributed by atoms with E-state index in [1.807, 2.05) is 0 Å². The standard InChI is InChI=1S/C15H26N2/c1-11-9-12(2)14(13(3)10-11)15-16-5-4-6-17(15)8-7-16/h9,12-15H,4-8,10H2,1-3H3/t12-,13+,14-/m0/s1. The summed E-state index contributed by atoms with van der Waals surface area (Å²) in [6.45, 7) is 12.5. The highest BCUT2D eigenvalue weighted by Gasteiger charge is 2.44. The fourth-order valence-electron chi connectivity index (χ4n) is 4.56. The van der Waals surface area contributed by atoms with E-state index < -0.39 is 0 Å². The van der Waals surface area contributed by atoms with Crippen LogP contribution in [-0.2, 0) is 0 Å². The molecular weight excluding hydrogens is 208 g/mol. The van der Waals surface area contributed by atoms with Crippen molar-refractivity contribution in [3.63, 3.8) is 0 Å². The van der Waals surface area contributed by atoms with Gasteiger partial charge in [-0.1, -0.05) is 25.5 Å². The van der Waals surface area contributed by atoms with Crippen molar-refractivity contribution in [2.45, 2.75) is 39.8 Å². The average molecular weight is 234 g/mol. The van der Waals surface area contributed by atoms with Crippen LogP contribution in [0.3, 0.4) is 0 Å². The molecule has 2 aliphatic heterocycles. The van der Waals surface area contributed by atoms with Gasteiger partial charge in [0.25, 0.3) is 0 Å². The van der Waals surface area contributed by atoms with Gasteiger partial charge in [0, 0.05) is 26.2 Å². The summed E-state index contributed by atoms with van der Waals surface area (Å²) in [4.78, 5) is 5.49.